The highest BCUT2D eigenvalue weighted by molar-refractivity contribution is 9.10. The molecule has 0 saturated carbocycles. The fourth-order valence-electron chi connectivity index (χ4n) is 0.765. The molecule has 1 rings (SSSR count). The number of nitrogens with zero attached hydrogens (tertiary/aromatic N) is 1. The van der Waals surface area contributed by atoms with Crippen molar-refractivity contribution in [3.05, 3.63) is 35.1 Å². The molecule has 4 nitrogen and oxygen atoms in total. The van der Waals surface area contributed by atoms with Crippen LogP contribution in [0.5, 0.6) is 5.75 Å². The van der Waals surface area contributed by atoms with E-state index in [1.54, 1.807) is 18.5 Å². The molecule has 0 aliphatic heterocycles. The summed E-state index contributed by atoms with van der Waals surface area (Å²) in [5, 5.41) is 8.29. The molecule has 0 radical (unpaired) electrons. The van der Waals surface area contributed by atoms with E-state index in [4.69, 9.17) is 9.84 Å². The van der Waals surface area contributed by atoms with Crippen molar-refractivity contribution >= 4 is 21.9 Å². The first kappa shape index (κ1) is 10.7. The topological polar surface area (TPSA) is 59.4 Å². The van der Waals surface area contributed by atoms with Gasteiger partial charge in [-0.1, -0.05) is 0 Å². The Kier molecular flexibility index (Phi) is 4.12. The summed E-state index contributed by atoms with van der Waals surface area (Å²) in [6.07, 6.45) is 5.65. The van der Waals surface area contributed by atoms with Crippen molar-refractivity contribution in [3.63, 3.8) is 0 Å². The number of hydrogen-bond acceptors (Lipinski definition) is 3. The second-order valence-corrected chi connectivity index (χ2v) is 3.31. The van der Waals surface area contributed by atoms with Crippen LogP contribution in [0.25, 0.3) is 0 Å². The van der Waals surface area contributed by atoms with E-state index < -0.39 is 5.97 Å². The highest BCUT2D eigenvalue weighted by Crippen LogP contribution is 2.15. The molecule has 0 aliphatic carbocycles. The molecular weight excluding hydrogens is 250 g/mol. The lowest BCUT2D eigenvalue weighted by molar-refractivity contribution is -0.131. The van der Waals surface area contributed by atoms with Crippen LogP contribution in [0.15, 0.2) is 35.1 Å². The Hall–Kier alpha value is -1.36. The van der Waals surface area contributed by atoms with E-state index in [-0.39, 0.29) is 6.61 Å². The van der Waals surface area contributed by atoms with Crippen LogP contribution in [0.3, 0.4) is 0 Å². The minimum Gasteiger partial charge on any atom is -0.488 e. The summed E-state index contributed by atoms with van der Waals surface area (Å²) in [5.41, 5.74) is 0. The van der Waals surface area contributed by atoms with Gasteiger partial charge in [0.15, 0.2) is 0 Å². The number of carboxylic acid groups (broad SMARTS) is 1. The molecule has 0 bridgehead atoms. The van der Waals surface area contributed by atoms with Gasteiger partial charge in [-0.25, -0.2) is 4.79 Å². The average molecular weight is 258 g/mol. The van der Waals surface area contributed by atoms with Crippen LogP contribution in [0, 0.1) is 0 Å². The molecule has 0 spiro atoms. The van der Waals surface area contributed by atoms with Crippen LogP contribution >= 0.6 is 15.9 Å². The molecule has 0 unspecified atom stereocenters. The lowest BCUT2D eigenvalue weighted by Gasteiger charge is -2.01. The maximum atomic E-state index is 10.1. The summed E-state index contributed by atoms with van der Waals surface area (Å²) in [5.74, 6) is -0.393. The molecule has 1 aromatic heterocycles. The predicted octanol–water partition coefficient (Wildman–Crippen LogP) is 1.86. The van der Waals surface area contributed by atoms with Crippen LogP contribution < -0.4 is 4.74 Å². The van der Waals surface area contributed by atoms with E-state index in [1.807, 2.05) is 0 Å². The van der Waals surface area contributed by atoms with Crippen molar-refractivity contribution in [2.45, 2.75) is 0 Å². The van der Waals surface area contributed by atoms with E-state index >= 15 is 0 Å². The summed E-state index contributed by atoms with van der Waals surface area (Å²) in [7, 11) is 0. The van der Waals surface area contributed by atoms with E-state index in [9.17, 15) is 4.79 Å². The van der Waals surface area contributed by atoms with Crippen molar-refractivity contribution in [2.75, 3.05) is 6.61 Å². The van der Waals surface area contributed by atoms with E-state index in [0.29, 0.717) is 5.75 Å². The number of rotatable bonds is 4. The number of halogens is 1. The van der Waals surface area contributed by atoms with Gasteiger partial charge in [-0.15, -0.1) is 0 Å². The third-order valence-electron chi connectivity index (χ3n) is 1.29. The summed E-state index contributed by atoms with van der Waals surface area (Å²) in [6, 6.07) is 1.75. The lowest BCUT2D eigenvalue weighted by Crippen LogP contribution is -1.95. The number of ether oxygens (including phenoxy) is 1. The standard InChI is InChI=1S/C9H8BrNO3/c10-7-4-8(6-11-5-7)14-3-1-2-9(12)13/h1-2,4-6H,3H2,(H,12,13). The average Bonchev–Trinajstić information content (AvgIpc) is 2.12. The van der Waals surface area contributed by atoms with Crippen LogP contribution in [0.2, 0.25) is 0 Å². The van der Waals surface area contributed by atoms with Gasteiger partial charge in [-0.2, -0.15) is 0 Å². The summed E-state index contributed by atoms with van der Waals surface area (Å²) in [6.45, 7) is 0.213. The van der Waals surface area contributed by atoms with Gasteiger partial charge >= 0.3 is 5.97 Å². The first-order valence-corrected chi connectivity index (χ1v) is 4.60. The summed E-state index contributed by atoms with van der Waals surface area (Å²) >= 11 is 3.24. The number of carbonyl (C=O) groups is 1. The number of carboxylic acids is 1. The molecule has 1 N–H and O–H groups in total. The molecule has 0 aromatic carbocycles. The Morgan fingerprint density at radius 1 is 1.64 bits per heavy atom. The van der Waals surface area contributed by atoms with Gasteiger partial charge in [0.2, 0.25) is 0 Å². The zero-order valence-electron chi connectivity index (χ0n) is 7.18. The third kappa shape index (κ3) is 4.04. The highest BCUT2D eigenvalue weighted by Gasteiger charge is 1.93. The fraction of sp³-hybridized carbons (Fsp3) is 0.111. The second kappa shape index (κ2) is 5.39. The van der Waals surface area contributed by atoms with Crippen LogP contribution in [0.4, 0.5) is 0 Å². The smallest absolute Gasteiger partial charge is 0.328 e. The van der Waals surface area contributed by atoms with Gasteiger partial charge in [-0.05, 0) is 28.1 Å². The van der Waals surface area contributed by atoms with Gasteiger partial charge < -0.3 is 9.84 Å². The molecule has 0 aliphatic rings. The normalized spacial score (nSPS) is 10.4. The Balaban J connectivity index is 2.42. The van der Waals surface area contributed by atoms with Gasteiger partial charge in [0.05, 0.1) is 6.20 Å². The Morgan fingerprint density at radius 2 is 2.43 bits per heavy atom. The second-order valence-electron chi connectivity index (χ2n) is 2.39. The molecule has 14 heavy (non-hydrogen) atoms. The maximum Gasteiger partial charge on any atom is 0.328 e. The van der Waals surface area contributed by atoms with Crippen molar-refractivity contribution in [1.29, 1.82) is 0 Å². The van der Waals surface area contributed by atoms with Crippen molar-refractivity contribution in [1.82, 2.24) is 4.98 Å². The number of aromatic nitrogens is 1. The number of aliphatic carboxylic acids is 1. The Bertz CT molecular complexity index is 352. The zero-order chi connectivity index (χ0) is 10.4. The Labute approximate surface area is 89.4 Å². The molecule has 5 heteroatoms. The molecule has 0 amide bonds. The Morgan fingerprint density at radius 3 is 3.07 bits per heavy atom. The van der Waals surface area contributed by atoms with Crippen molar-refractivity contribution in [3.8, 4) is 5.75 Å². The SMILES string of the molecule is O=C(O)C=CCOc1cncc(Br)c1. The monoisotopic (exact) mass is 257 g/mol. The van der Waals surface area contributed by atoms with Gasteiger partial charge in [0.25, 0.3) is 0 Å². The molecule has 1 heterocycles. The van der Waals surface area contributed by atoms with Gasteiger partial charge in [0, 0.05) is 16.7 Å². The summed E-state index contributed by atoms with van der Waals surface area (Å²) in [4.78, 5) is 14.0. The lowest BCUT2D eigenvalue weighted by atomic mass is 10.4. The van der Waals surface area contributed by atoms with E-state index in [2.05, 4.69) is 20.9 Å². The molecule has 0 fully saturated rings. The number of pyridine rings is 1. The van der Waals surface area contributed by atoms with Crippen molar-refractivity contribution < 1.29 is 14.6 Å². The largest absolute Gasteiger partial charge is 0.488 e. The molecular formula is C9H8BrNO3. The quantitative estimate of drug-likeness (QED) is 0.837. The molecule has 1 aromatic rings. The molecule has 0 saturated heterocycles. The van der Waals surface area contributed by atoms with E-state index in [0.717, 1.165) is 10.5 Å². The van der Waals surface area contributed by atoms with Crippen LogP contribution in [0.1, 0.15) is 0 Å². The molecule has 0 atom stereocenters. The minimum absolute atomic E-state index is 0.213. The minimum atomic E-state index is -0.985. The first-order chi connectivity index (χ1) is 6.68. The molecule has 74 valence electrons. The predicted molar refractivity (Wildman–Crippen MR) is 54.2 cm³/mol. The highest BCUT2D eigenvalue weighted by atomic mass is 79.9. The first-order valence-electron chi connectivity index (χ1n) is 3.81. The summed E-state index contributed by atoms with van der Waals surface area (Å²) < 4.78 is 6.01. The van der Waals surface area contributed by atoms with Crippen LogP contribution in [-0.2, 0) is 4.79 Å². The van der Waals surface area contributed by atoms with Crippen LogP contribution in [-0.4, -0.2) is 22.7 Å². The zero-order valence-corrected chi connectivity index (χ0v) is 8.77. The van der Waals surface area contributed by atoms with Gasteiger partial charge in [0.1, 0.15) is 12.4 Å². The van der Waals surface area contributed by atoms with Gasteiger partial charge in [-0.3, -0.25) is 4.98 Å². The van der Waals surface area contributed by atoms with E-state index in [1.165, 1.54) is 6.08 Å². The third-order valence-corrected chi connectivity index (χ3v) is 1.72. The fourth-order valence-corrected chi connectivity index (χ4v) is 1.11. The number of hydrogen-bond donors (Lipinski definition) is 1. The maximum absolute atomic E-state index is 10.1. The van der Waals surface area contributed by atoms with Crippen molar-refractivity contribution in [2.24, 2.45) is 0 Å².